The molecule has 0 fully saturated rings. The van der Waals surface area contributed by atoms with Crippen LogP contribution >= 0.6 is 23.2 Å². The first-order valence-electron chi connectivity index (χ1n) is 5.67. The Hall–Kier alpha value is -1.55. The standard InChI is InChI=1S/C14H12Cl2N2O/c15-11-6-3-5-10(13(11)16)14(19)18-12-7-2-1-4-9(12)8-17/h1-7H,8,17H2,(H,18,19). The third-order valence-corrected chi connectivity index (χ3v) is 3.50. The summed E-state index contributed by atoms with van der Waals surface area (Å²) in [5, 5.41) is 3.37. The highest BCUT2D eigenvalue weighted by Crippen LogP contribution is 2.26. The van der Waals surface area contributed by atoms with E-state index >= 15 is 0 Å². The summed E-state index contributed by atoms with van der Waals surface area (Å²) in [6.07, 6.45) is 0. The molecule has 0 unspecified atom stereocenters. The van der Waals surface area contributed by atoms with Crippen molar-refractivity contribution < 1.29 is 4.79 Å². The molecule has 0 heterocycles. The Labute approximate surface area is 121 Å². The molecular weight excluding hydrogens is 283 g/mol. The maximum atomic E-state index is 12.2. The first-order valence-corrected chi connectivity index (χ1v) is 6.42. The van der Waals surface area contributed by atoms with Gasteiger partial charge in [-0.3, -0.25) is 4.79 Å². The lowest BCUT2D eigenvalue weighted by Crippen LogP contribution is -2.14. The van der Waals surface area contributed by atoms with E-state index in [1.165, 1.54) is 0 Å². The molecule has 0 radical (unpaired) electrons. The fourth-order valence-electron chi connectivity index (χ4n) is 1.69. The second-order valence-electron chi connectivity index (χ2n) is 3.92. The molecule has 3 nitrogen and oxygen atoms in total. The van der Waals surface area contributed by atoms with E-state index in [4.69, 9.17) is 28.9 Å². The molecule has 2 aromatic rings. The van der Waals surface area contributed by atoms with Crippen LogP contribution in [0, 0.1) is 0 Å². The Balaban J connectivity index is 2.28. The van der Waals surface area contributed by atoms with Gasteiger partial charge in [0.25, 0.3) is 5.91 Å². The van der Waals surface area contributed by atoms with Crippen molar-refractivity contribution in [2.45, 2.75) is 6.54 Å². The fourth-order valence-corrected chi connectivity index (χ4v) is 2.08. The van der Waals surface area contributed by atoms with Gasteiger partial charge in [0, 0.05) is 12.2 Å². The Morgan fingerprint density at radius 1 is 1.11 bits per heavy atom. The average Bonchev–Trinajstić information content (AvgIpc) is 2.42. The molecule has 0 aromatic heterocycles. The molecule has 0 aliphatic rings. The van der Waals surface area contributed by atoms with Crippen LogP contribution in [0.1, 0.15) is 15.9 Å². The molecule has 0 bridgehead atoms. The van der Waals surface area contributed by atoms with Gasteiger partial charge in [0.2, 0.25) is 0 Å². The van der Waals surface area contributed by atoms with Gasteiger partial charge in [-0.15, -0.1) is 0 Å². The second-order valence-corrected chi connectivity index (χ2v) is 4.70. The van der Waals surface area contributed by atoms with Crippen LogP contribution in [-0.2, 0) is 6.54 Å². The first-order chi connectivity index (χ1) is 9.13. The van der Waals surface area contributed by atoms with Crippen molar-refractivity contribution in [1.82, 2.24) is 0 Å². The van der Waals surface area contributed by atoms with Crippen molar-refractivity contribution in [3.05, 3.63) is 63.6 Å². The van der Waals surface area contributed by atoms with Gasteiger partial charge in [0.15, 0.2) is 0 Å². The zero-order valence-corrected chi connectivity index (χ0v) is 11.5. The SMILES string of the molecule is NCc1ccccc1NC(=O)c1cccc(Cl)c1Cl. The average molecular weight is 295 g/mol. The van der Waals surface area contributed by atoms with Crippen LogP contribution in [0.2, 0.25) is 10.0 Å². The number of para-hydroxylation sites is 1. The summed E-state index contributed by atoms with van der Waals surface area (Å²) >= 11 is 11.9. The Morgan fingerprint density at radius 2 is 1.84 bits per heavy atom. The van der Waals surface area contributed by atoms with Gasteiger partial charge in [0.1, 0.15) is 0 Å². The molecule has 0 spiro atoms. The van der Waals surface area contributed by atoms with Crippen molar-refractivity contribution in [1.29, 1.82) is 0 Å². The molecule has 19 heavy (non-hydrogen) atoms. The number of hydrogen-bond acceptors (Lipinski definition) is 2. The lowest BCUT2D eigenvalue weighted by molar-refractivity contribution is 0.102. The third kappa shape index (κ3) is 3.07. The summed E-state index contributed by atoms with van der Waals surface area (Å²) in [5.41, 5.74) is 7.48. The third-order valence-electron chi connectivity index (χ3n) is 2.68. The van der Waals surface area contributed by atoms with Gasteiger partial charge >= 0.3 is 0 Å². The van der Waals surface area contributed by atoms with E-state index in [-0.39, 0.29) is 10.9 Å². The van der Waals surface area contributed by atoms with Crippen LogP contribution in [0.4, 0.5) is 5.69 Å². The maximum absolute atomic E-state index is 12.2. The van der Waals surface area contributed by atoms with E-state index < -0.39 is 0 Å². The van der Waals surface area contributed by atoms with E-state index in [2.05, 4.69) is 5.32 Å². The van der Waals surface area contributed by atoms with Crippen LogP contribution in [-0.4, -0.2) is 5.91 Å². The zero-order chi connectivity index (χ0) is 13.8. The number of nitrogens with two attached hydrogens (primary N) is 1. The fraction of sp³-hybridized carbons (Fsp3) is 0.0714. The minimum atomic E-state index is -0.312. The predicted molar refractivity (Wildman–Crippen MR) is 78.7 cm³/mol. The lowest BCUT2D eigenvalue weighted by atomic mass is 10.1. The predicted octanol–water partition coefficient (Wildman–Crippen LogP) is 3.70. The van der Waals surface area contributed by atoms with Crippen molar-refractivity contribution in [2.24, 2.45) is 5.73 Å². The molecule has 2 aromatic carbocycles. The first kappa shape index (κ1) is 13.9. The molecule has 0 aliphatic carbocycles. The number of anilines is 1. The van der Waals surface area contributed by atoms with Crippen molar-refractivity contribution in [3.8, 4) is 0 Å². The normalized spacial score (nSPS) is 10.3. The number of hydrogen-bond donors (Lipinski definition) is 2. The van der Waals surface area contributed by atoms with E-state index in [1.807, 2.05) is 18.2 Å². The molecule has 5 heteroatoms. The highest BCUT2D eigenvalue weighted by molar-refractivity contribution is 6.44. The zero-order valence-electron chi connectivity index (χ0n) is 9.99. The molecule has 1 amide bonds. The number of carbonyl (C=O) groups is 1. The van der Waals surface area contributed by atoms with E-state index in [0.717, 1.165) is 5.56 Å². The number of amides is 1. The Kier molecular flexibility index (Phi) is 4.43. The number of benzene rings is 2. The molecular formula is C14H12Cl2N2O. The molecule has 0 saturated heterocycles. The van der Waals surface area contributed by atoms with Gasteiger partial charge in [-0.05, 0) is 23.8 Å². The highest BCUT2D eigenvalue weighted by Gasteiger charge is 2.13. The Bertz CT molecular complexity index is 614. The van der Waals surface area contributed by atoms with Gasteiger partial charge in [-0.25, -0.2) is 0 Å². The van der Waals surface area contributed by atoms with Crippen molar-refractivity contribution in [3.63, 3.8) is 0 Å². The second kappa shape index (κ2) is 6.06. The highest BCUT2D eigenvalue weighted by atomic mass is 35.5. The molecule has 3 N–H and O–H groups in total. The number of rotatable bonds is 3. The van der Waals surface area contributed by atoms with Crippen LogP contribution in [0.15, 0.2) is 42.5 Å². The van der Waals surface area contributed by atoms with E-state index in [9.17, 15) is 4.79 Å². The largest absolute Gasteiger partial charge is 0.326 e. The number of halogens is 2. The maximum Gasteiger partial charge on any atom is 0.257 e. The van der Waals surface area contributed by atoms with Crippen LogP contribution in [0.3, 0.4) is 0 Å². The number of carbonyl (C=O) groups excluding carboxylic acids is 1. The van der Waals surface area contributed by atoms with Crippen LogP contribution in [0.5, 0.6) is 0 Å². The van der Waals surface area contributed by atoms with Gasteiger partial charge < -0.3 is 11.1 Å². The minimum absolute atomic E-state index is 0.242. The van der Waals surface area contributed by atoms with E-state index in [1.54, 1.807) is 24.3 Å². The quantitative estimate of drug-likeness (QED) is 0.907. The lowest BCUT2D eigenvalue weighted by Gasteiger charge is -2.10. The monoisotopic (exact) mass is 294 g/mol. The summed E-state index contributed by atoms with van der Waals surface area (Å²) in [7, 11) is 0. The van der Waals surface area contributed by atoms with Crippen molar-refractivity contribution in [2.75, 3.05) is 5.32 Å². The van der Waals surface area contributed by atoms with Crippen LogP contribution in [0.25, 0.3) is 0 Å². The van der Waals surface area contributed by atoms with E-state index in [0.29, 0.717) is 22.8 Å². The molecule has 98 valence electrons. The van der Waals surface area contributed by atoms with Gasteiger partial charge in [-0.2, -0.15) is 0 Å². The van der Waals surface area contributed by atoms with Gasteiger partial charge in [0.05, 0.1) is 15.6 Å². The molecule has 0 aliphatic heterocycles. The molecule has 0 saturated carbocycles. The number of nitrogens with one attached hydrogen (secondary N) is 1. The summed E-state index contributed by atoms with van der Waals surface area (Å²) in [6.45, 7) is 0.347. The summed E-state index contributed by atoms with van der Waals surface area (Å²) in [6, 6.07) is 12.3. The topological polar surface area (TPSA) is 55.1 Å². The van der Waals surface area contributed by atoms with Crippen LogP contribution < -0.4 is 11.1 Å². The summed E-state index contributed by atoms with van der Waals surface area (Å²) in [5.74, 6) is -0.312. The smallest absolute Gasteiger partial charge is 0.257 e. The van der Waals surface area contributed by atoms with Crippen molar-refractivity contribution >= 4 is 34.8 Å². The Morgan fingerprint density at radius 3 is 2.58 bits per heavy atom. The molecule has 0 atom stereocenters. The van der Waals surface area contributed by atoms with Gasteiger partial charge in [-0.1, -0.05) is 47.5 Å². The summed E-state index contributed by atoms with van der Waals surface area (Å²) in [4.78, 5) is 12.2. The minimum Gasteiger partial charge on any atom is -0.326 e. The summed E-state index contributed by atoms with van der Waals surface area (Å²) < 4.78 is 0. The molecule has 2 rings (SSSR count).